The monoisotopic (exact) mass is 499 g/mol. The van der Waals surface area contributed by atoms with Gasteiger partial charge in [-0.25, -0.2) is 10.2 Å². The average Bonchev–Trinajstić information content (AvgIpc) is 2.83. The maximum absolute atomic E-state index is 12.2. The van der Waals surface area contributed by atoms with Crippen LogP contribution < -0.4 is 20.2 Å². The minimum atomic E-state index is -0.618. The van der Waals surface area contributed by atoms with Crippen molar-refractivity contribution in [3.63, 3.8) is 0 Å². The number of carbonyl (C=O) groups excluding carboxylic acids is 3. The SMILES string of the molecule is COc1ccc(C(=O)NCC(=O)N/N=C/c2ccc(OC(=O)c3ccc(Cl)cc3Cl)cc2)cc1. The largest absolute Gasteiger partial charge is 0.497 e. The average molecular weight is 500 g/mol. The number of esters is 1. The van der Waals surface area contributed by atoms with Crippen molar-refractivity contribution in [3.8, 4) is 11.5 Å². The summed E-state index contributed by atoms with van der Waals surface area (Å²) in [6, 6.07) is 17.4. The van der Waals surface area contributed by atoms with Gasteiger partial charge in [-0.3, -0.25) is 9.59 Å². The summed E-state index contributed by atoms with van der Waals surface area (Å²) in [5.74, 6) is -0.582. The predicted molar refractivity (Wildman–Crippen MR) is 129 cm³/mol. The molecular formula is C24H19Cl2N3O5. The molecule has 0 saturated carbocycles. The standard InChI is InChI=1S/C24H19Cl2N3O5/c1-33-18-9-4-16(5-10-18)23(31)27-14-22(30)29-28-13-15-2-7-19(8-3-15)34-24(32)20-11-6-17(25)12-21(20)26/h2-13H,14H2,1H3,(H,27,31)(H,29,30)/b28-13+. The molecule has 0 saturated heterocycles. The van der Waals surface area contributed by atoms with Crippen LogP contribution in [0.25, 0.3) is 0 Å². The second-order valence-electron chi connectivity index (χ2n) is 6.79. The number of ether oxygens (including phenoxy) is 2. The molecule has 0 atom stereocenters. The topological polar surface area (TPSA) is 106 Å². The summed E-state index contributed by atoms with van der Waals surface area (Å²) in [4.78, 5) is 36.2. The molecule has 8 nitrogen and oxygen atoms in total. The maximum atomic E-state index is 12.2. The van der Waals surface area contributed by atoms with Crippen LogP contribution in [0.5, 0.6) is 11.5 Å². The zero-order valence-electron chi connectivity index (χ0n) is 17.9. The van der Waals surface area contributed by atoms with E-state index in [1.54, 1.807) is 54.6 Å². The van der Waals surface area contributed by atoms with E-state index in [0.717, 1.165) is 0 Å². The van der Waals surface area contributed by atoms with Gasteiger partial charge in [-0.15, -0.1) is 0 Å². The third-order valence-corrected chi connectivity index (χ3v) is 4.95. The first-order chi connectivity index (χ1) is 16.4. The van der Waals surface area contributed by atoms with Crippen molar-refractivity contribution >= 4 is 47.2 Å². The number of halogens is 2. The number of amides is 2. The second-order valence-corrected chi connectivity index (χ2v) is 7.63. The van der Waals surface area contributed by atoms with Gasteiger partial charge in [-0.1, -0.05) is 23.2 Å². The fraction of sp³-hybridized carbons (Fsp3) is 0.0833. The number of benzene rings is 3. The van der Waals surface area contributed by atoms with Gasteiger partial charge in [-0.2, -0.15) is 5.10 Å². The van der Waals surface area contributed by atoms with Gasteiger partial charge in [0.15, 0.2) is 0 Å². The van der Waals surface area contributed by atoms with Crippen molar-refractivity contribution in [3.05, 3.63) is 93.5 Å². The normalized spacial score (nSPS) is 10.6. The van der Waals surface area contributed by atoms with E-state index in [-0.39, 0.29) is 17.1 Å². The molecule has 0 heterocycles. The first-order valence-corrected chi connectivity index (χ1v) is 10.6. The van der Waals surface area contributed by atoms with Crippen LogP contribution in [0.15, 0.2) is 71.8 Å². The number of hydrogen-bond acceptors (Lipinski definition) is 6. The van der Waals surface area contributed by atoms with E-state index in [9.17, 15) is 14.4 Å². The van der Waals surface area contributed by atoms with Crippen LogP contribution in [0.4, 0.5) is 0 Å². The zero-order chi connectivity index (χ0) is 24.5. The molecule has 2 N–H and O–H groups in total. The van der Waals surface area contributed by atoms with E-state index in [0.29, 0.717) is 27.6 Å². The number of rotatable bonds is 8. The van der Waals surface area contributed by atoms with Gasteiger partial charge in [0.05, 0.1) is 30.5 Å². The minimum absolute atomic E-state index is 0.192. The molecule has 3 aromatic rings. The number of hydrogen-bond donors (Lipinski definition) is 2. The van der Waals surface area contributed by atoms with E-state index >= 15 is 0 Å². The Kier molecular flexibility index (Phi) is 8.61. The molecule has 0 aliphatic carbocycles. The van der Waals surface area contributed by atoms with Crippen LogP contribution in [0.1, 0.15) is 26.3 Å². The highest BCUT2D eigenvalue weighted by molar-refractivity contribution is 6.36. The van der Waals surface area contributed by atoms with Crippen LogP contribution in [-0.4, -0.2) is 37.7 Å². The fourth-order valence-electron chi connectivity index (χ4n) is 2.66. The highest BCUT2D eigenvalue weighted by Crippen LogP contribution is 2.23. The molecule has 10 heteroatoms. The first kappa shape index (κ1) is 24.8. The Morgan fingerprint density at radius 3 is 2.26 bits per heavy atom. The highest BCUT2D eigenvalue weighted by atomic mass is 35.5. The number of hydrazone groups is 1. The lowest BCUT2D eigenvalue weighted by molar-refractivity contribution is -0.120. The summed E-state index contributed by atoms with van der Waals surface area (Å²) in [7, 11) is 1.53. The Labute approximate surface area is 205 Å². The van der Waals surface area contributed by atoms with Crippen LogP contribution in [0, 0.1) is 0 Å². The highest BCUT2D eigenvalue weighted by Gasteiger charge is 2.13. The molecule has 3 rings (SSSR count). The lowest BCUT2D eigenvalue weighted by Crippen LogP contribution is -2.34. The molecule has 2 amide bonds. The second kappa shape index (κ2) is 11.8. The summed E-state index contributed by atoms with van der Waals surface area (Å²) < 4.78 is 10.3. The number of nitrogens with one attached hydrogen (secondary N) is 2. The van der Waals surface area contributed by atoms with Crippen LogP contribution in [-0.2, 0) is 4.79 Å². The Balaban J connectivity index is 1.45. The third kappa shape index (κ3) is 7.06. The smallest absolute Gasteiger partial charge is 0.345 e. The molecule has 0 radical (unpaired) electrons. The third-order valence-electron chi connectivity index (χ3n) is 4.41. The van der Waals surface area contributed by atoms with Crippen LogP contribution in [0.3, 0.4) is 0 Å². The van der Waals surface area contributed by atoms with Crippen LogP contribution in [0.2, 0.25) is 10.0 Å². The van der Waals surface area contributed by atoms with Crippen LogP contribution >= 0.6 is 23.2 Å². The minimum Gasteiger partial charge on any atom is -0.497 e. The molecule has 0 aliphatic heterocycles. The molecule has 0 aromatic heterocycles. The Morgan fingerprint density at radius 2 is 1.62 bits per heavy atom. The lowest BCUT2D eigenvalue weighted by Gasteiger charge is -2.06. The number of methoxy groups -OCH3 is 1. The van der Waals surface area contributed by atoms with Gasteiger partial charge in [0, 0.05) is 10.6 Å². The predicted octanol–water partition coefficient (Wildman–Crippen LogP) is 4.10. The van der Waals surface area contributed by atoms with E-state index in [1.165, 1.54) is 25.5 Å². The summed E-state index contributed by atoms with van der Waals surface area (Å²) in [6.45, 7) is -0.246. The van der Waals surface area contributed by atoms with Crippen molar-refractivity contribution in [1.82, 2.24) is 10.7 Å². The maximum Gasteiger partial charge on any atom is 0.345 e. The van der Waals surface area contributed by atoms with Gasteiger partial charge in [0.2, 0.25) is 0 Å². The Hall–Kier alpha value is -3.88. The molecule has 0 bridgehead atoms. The summed E-state index contributed by atoms with van der Waals surface area (Å²) in [5.41, 5.74) is 3.56. The first-order valence-electron chi connectivity index (χ1n) is 9.87. The molecule has 0 spiro atoms. The molecule has 34 heavy (non-hydrogen) atoms. The van der Waals surface area contributed by atoms with E-state index in [1.807, 2.05) is 0 Å². The summed E-state index contributed by atoms with van der Waals surface area (Å²) in [6.07, 6.45) is 1.41. The lowest BCUT2D eigenvalue weighted by atomic mass is 10.2. The number of carbonyl (C=O) groups is 3. The van der Waals surface area contributed by atoms with Gasteiger partial charge in [-0.05, 0) is 72.3 Å². The Morgan fingerprint density at radius 1 is 0.941 bits per heavy atom. The van der Waals surface area contributed by atoms with Crippen molar-refractivity contribution < 1.29 is 23.9 Å². The molecule has 0 fully saturated rings. The number of nitrogens with zero attached hydrogens (tertiary/aromatic N) is 1. The van der Waals surface area contributed by atoms with Gasteiger partial charge in [0.1, 0.15) is 11.5 Å². The van der Waals surface area contributed by atoms with Crippen molar-refractivity contribution in [2.45, 2.75) is 0 Å². The molecule has 0 aliphatic rings. The summed E-state index contributed by atoms with van der Waals surface area (Å²) >= 11 is 11.8. The van der Waals surface area contributed by atoms with Crippen molar-refractivity contribution in [2.75, 3.05) is 13.7 Å². The van der Waals surface area contributed by atoms with Crippen molar-refractivity contribution in [1.29, 1.82) is 0 Å². The Bertz CT molecular complexity index is 1210. The van der Waals surface area contributed by atoms with E-state index in [4.69, 9.17) is 32.7 Å². The zero-order valence-corrected chi connectivity index (χ0v) is 19.4. The summed E-state index contributed by atoms with van der Waals surface area (Å²) in [5, 5.41) is 6.95. The van der Waals surface area contributed by atoms with E-state index < -0.39 is 17.8 Å². The molecule has 0 unspecified atom stereocenters. The molecule has 174 valence electrons. The van der Waals surface area contributed by atoms with E-state index in [2.05, 4.69) is 15.8 Å². The fourth-order valence-corrected chi connectivity index (χ4v) is 3.15. The van der Waals surface area contributed by atoms with Gasteiger partial charge in [0.25, 0.3) is 11.8 Å². The molecular weight excluding hydrogens is 481 g/mol. The van der Waals surface area contributed by atoms with Gasteiger partial charge < -0.3 is 14.8 Å². The van der Waals surface area contributed by atoms with Crippen molar-refractivity contribution in [2.24, 2.45) is 5.10 Å². The van der Waals surface area contributed by atoms with Gasteiger partial charge >= 0.3 is 5.97 Å². The molecule has 3 aromatic carbocycles. The quantitative estimate of drug-likeness (QED) is 0.210.